The zero-order chi connectivity index (χ0) is 14.7. The Morgan fingerprint density at radius 1 is 1.30 bits per heavy atom. The SMILES string of the molecule is CCOC(=O)C(=O)c1c2c(cc(Cl)c1OC)CCCC2. The first kappa shape index (κ1) is 14.9. The molecule has 0 aromatic heterocycles. The second-order valence-corrected chi connectivity index (χ2v) is 5.07. The molecule has 0 N–H and O–H groups in total. The molecular formula is C15H17ClO4. The number of Topliss-reactive ketones (excluding diaryl/α,β-unsaturated/α-hetero) is 1. The second kappa shape index (κ2) is 6.27. The van der Waals surface area contributed by atoms with E-state index in [2.05, 4.69) is 0 Å². The van der Waals surface area contributed by atoms with Gasteiger partial charge in [0.05, 0.1) is 24.3 Å². The number of carbonyl (C=O) groups is 2. The third kappa shape index (κ3) is 2.66. The summed E-state index contributed by atoms with van der Waals surface area (Å²) in [5, 5.41) is 0.362. The molecule has 0 aliphatic heterocycles. The topological polar surface area (TPSA) is 52.6 Å². The average Bonchev–Trinajstić information content (AvgIpc) is 2.45. The van der Waals surface area contributed by atoms with Crippen LogP contribution in [0.3, 0.4) is 0 Å². The first-order valence-electron chi connectivity index (χ1n) is 6.69. The third-order valence-electron chi connectivity index (χ3n) is 3.45. The van der Waals surface area contributed by atoms with E-state index in [0.29, 0.717) is 5.02 Å². The minimum atomic E-state index is -0.860. The molecule has 4 nitrogen and oxygen atoms in total. The number of halogens is 1. The van der Waals surface area contributed by atoms with Crippen LogP contribution in [-0.2, 0) is 22.4 Å². The van der Waals surface area contributed by atoms with Crippen LogP contribution in [0, 0.1) is 0 Å². The molecule has 108 valence electrons. The van der Waals surface area contributed by atoms with E-state index in [1.54, 1.807) is 6.92 Å². The predicted molar refractivity (Wildman–Crippen MR) is 75.6 cm³/mol. The fourth-order valence-corrected chi connectivity index (χ4v) is 2.89. The Hall–Kier alpha value is -1.55. The lowest BCUT2D eigenvalue weighted by Crippen LogP contribution is -2.22. The van der Waals surface area contributed by atoms with Crippen LogP contribution in [0.4, 0.5) is 0 Å². The van der Waals surface area contributed by atoms with E-state index >= 15 is 0 Å². The summed E-state index contributed by atoms with van der Waals surface area (Å²) in [6.07, 6.45) is 3.66. The van der Waals surface area contributed by atoms with Crippen molar-refractivity contribution in [1.29, 1.82) is 0 Å². The van der Waals surface area contributed by atoms with Gasteiger partial charge in [0.25, 0.3) is 5.78 Å². The van der Waals surface area contributed by atoms with Crippen molar-refractivity contribution in [2.24, 2.45) is 0 Å². The van der Waals surface area contributed by atoms with Gasteiger partial charge in [0.2, 0.25) is 0 Å². The van der Waals surface area contributed by atoms with Crippen molar-refractivity contribution in [3.63, 3.8) is 0 Å². The molecular weight excluding hydrogens is 280 g/mol. The summed E-state index contributed by atoms with van der Waals surface area (Å²) in [6, 6.07) is 1.83. The fraction of sp³-hybridized carbons (Fsp3) is 0.467. The van der Waals surface area contributed by atoms with Crippen LogP contribution in [0.5, 0.6) is 5.75 Å². The largest absolute Gasteiger partial charge is 0.494 e. The lowest BCUT2D eigenvalue weighted by Gasteiger charge is -2.21. The van der Waals surface area contributed by atoms with Crippen LogP contribution in [0.25, 0.3) is 0 Å². The molecule has 0 saturated carbocycles. The van der Waals surface area contributed by atoms with Crippen LogP contribution in [0.1, 0.15) is 41.3 Å². The van der Waals surface area contributed by atoms with Crippen molar-refractivity contribution in [2.45, 2.75) is 32.6 Å². The molecule has 0 heterocycles. The smallest absolute Gasteiger partial charge is 0.379 e. The number of carbonyl (C=O) groups excluding carboxylic acids is 2. The molecule has 1 aliphatic carbocycles. The molecule has 0 bridgehead atoms. The van der Waals surface area contributed by atoms with Gasteiger partial charge >= 0.3 is 5.97 Å². The molecule has 0 saturated heterocycles. The summed E-state index contributed by atoms with van der Waals surface area (Å²) in [4.78, 5) is 24.1. The summed E-state index contributed by atoms with van der Waals surface area (Å²) >= 11 is 6.16. The van der Waals surface area contributed by atoms with E-state index in [4.69, 9.17) is 21.1 Å². The van der Waals surface area contributed by atoms with Gasteiger partial charge in [-0.05, 0) is 49.8 Å². The van der Waals surface area contributed by atoms with Crippen molar-refractivity contribution >= 4 is 23.4 Å². The number of benzene rings is 1. The number of rotatable bonds is 4. The van der Waals surface area contributed by atoms with E-state index in [1.807, 2.05) is 6.07 Å². The van der Waals surface area contributed by atoms with Crippen LogP contribution in [0.2, 0.25) is 5.02 Å². The molecule has 20 heavy (non-hydrogen) atoms. The quantitative estimate of drug-likeness (QED) is 0.487. The molecule has 0 fully saturated rings. The Morgan fingerprint density at radius 3 is 2.65 bits per heavy atom. The Balaban J connectivity index is 2.56. The maximum atomic E-state index is 12.3. The Kier molecular flexibility index (Phi) is 4.65. The van der Waals surface area contributed by atoms with Crippen LogP contribution >= 0.6 is 11.6 Å². The van der Waals surface area contributed by atoms with E-state index in [-0.39, 0.29) is 17.9 Å². The van der Waals surface area contributed by atoms with Gasteiger partial charge in [-0.15, -0.1) is 0 Å². The number of aryl methyl sites for hydroxylation is 1. The molecule has 0 amide bonds. The highest BCUT2D eigenvalue weighted by Crippen LogP contribution is 2.37. The number of esters is 1. The summed E-state index contributed by atoms with van der Waals surface area (Å²) in [5.74, 6) is -1.27. The maximum Gasteiger partial charge on any atom is 0.379 e. The Labute approximate surface area is 123 Å². The van der Waals surface area contributed by atoms with Gasteiger partial charge in [0, 0.05) is 0 Å². The minimum absolute atomic E-state index is 0.162. The third-order valence-corrected chi connectivity index (χ3v) is 3.73. The summed E-state index contributed by atoms with van der Waals surface area (Å²) < 4.78 is 10.0. The first-order valence-corrected chi connectivity index (χ1v) is 7.07. The van der Waals surface area contributed by atoms with Gasteiger partial charge in [-0.2, -0.15) is 0 Å². The number of hydrogen-bond donors (Lipinski definition) is 0. The molecule has 0 unspecified atom stereocenters. The molecule has 1 aliphatic rings. The monoisotopic (exact) mass is 296 g/mol. The second-order valence-electron chi connectivity index (χ2n) is 4.66. The molecule has 0 spiro atoms. The minimum Gasteiger partial charge on any atom is -0.494 e. The van der Waals surface area contributed by atoms with Crippen LogP contribution in [-0.4, -0.2) is 25.5 Å². The highest BCUT2D eigenvalue weighted by atomic mass is 35.5. The normalized spacial score (nSPS) is 13.6. The highest BCUT2D eigenvalue weighted by molar-refractivity contribution is 6.43. The summed E-state index contributed by atoms with van der Waals surface area (Å²) in [7, 11) is 1.44. The molecule has 0 radical (unpaired) electrons. The lowest BCUT2D eigenvalue weighted by molar-refractivity contribution is -0.137. The number of hydrogen-bond acceptors (Lipinski definition) is 4. The van der Waals surface area contributed by atoms with Crippen molar-refractivity contribution in [1.82, 2.24) is 0 Å². The Morgan fingerprint density at radius 2 is 2.00 bits per heavy atom. The number of methoxy groups -OCH3 is 1. The number of ketones is 1. The zero-order valence-corrected chi connectivity index (χ0v) is 12.4. The van der Waals surface area contributed by atoms with E-state index in [1.165, 1.54) is 7.11 Å². The number of fused-ring (bicyclic) bond motifs is 1. The van der Waals surface area contributed by atoms with E-state index < -0.39 is 11.8 Å². The molecule has 0 atom stereocenters. The van der Waals surface area contributed by atoms with E-state index in [9.17, 15) is 9.59 Å². The molecule has 2 rings (SSSR count). The summed E-state index contributed by atoms with van der Waals surface area (Å²) in [5.41, 5.74) is 2.17. The Bertz CT molecular complexity index is 551. The van der Waals surface area contributed by atoms with Crippen molar-refractivity contribution in [3.05, 3.63) is 27.8 Å². The number of ether oxygens (including phenoxy) is 2. The van der Waals surface area contributed by atoms with Crippen molar-refractivity contribution in [2.75, 3.05) is 13.7 Å². The van der Waals surface area contributed by atoms with Gasteiger partial charge in [-0.1, -0.05) is 11.6 Å². The van der Waals surface area contributed by atoms with Crippen molar-refractivity contribution in [3.8, 4) is 5.75 Å². The molecule has 1 aromatic rings. The average molecular weight is 297 g/mol. The van der Waals surface area contributed by atoms with Crippen LogP contribution < -0.4 is 4.74 Å². The van der Waals surface area contributed by atoms with Gasteiger partial charge in [-0.3, -0.25) is 4.79 Å². The zero-order valence-electron chi connectivity index (χ0n) is 11.6. The fourth-order valence-electron chi connectivity index (χ4n) is 2.59. The summed E-state index contributed by atoms with van der Waals surface area (Å²) in [6.45, 7) is 1.82. The molecule has 1 aromatic carbocycles. The highest BCUT2D eigenvalue weighted by Gasteiger charge is 2.29. The van der Waals surface area contributed by atoms with Gasteiger partial charge < -0.3 is 9.47 Å². The standard InChI is InChI=1S/C15H17ClO4/c1-3-20-15(18)13(17)12-10-7-5-4-6-9(10)8-11(16)14(12)19-2/h8H,3-7H2,1-2H3. The predicted octanol–water partition coefficient (Wildman–Crippen LogP) is 2.97. The maximum absolute atomic E-state index is 12.3. The van der Waals surface area contributed by atoms with E-state index in [0.717, 1.165) is 36.8 Å². The molecule has 5 heteroatoms. The lowest BCUT2D eigenvalue weighted by atomic mass is 9.86. The van der Waals surface area contributed by atoms with Gasteiger partial charge in [0.15, 0.2) is 0 Å². The first-order chi connectivity index (χ1) is 9.60. The van der Waals surface area contributed by atoms with Gasteiger partial charge in [-0.25, -0.2) is 4.79 Å². The van der Waals surface area contributed by atoms with Crippen LogP contribution in [0.15, 0.2) is 6.07 Å². The van der Waals surface area contributed by atoms with Crippen molar-refractivity contribution < 1.29 is 19.1 Å². The van der Waals surface area contributed by atoms with Gasteiger partial charge in [0.1, 0.15) is 5.75 Å².